The zero-order valence-electron chi connectivity index (χ0n) is 24.9. The van der Waals surface area contributed by atoms with E-state index in [1.54, 1.807) is 0 Å². The van der Waals surface area contributed by atoms with Gasteiger partial charge in [-0.3, -0.25) is 0 Å². The van der Waals surface area contributed by atoms with Gasteiger partial charge >= 0.3 is 0 Å². The highest BCUT2D eigenvalue weighted by Gasteiger charge is 2.07. The van der Waals surface area contributed by atoms with E-state index >= 15 is 0 Å². The summed E-state index contributed by atoms with van der Waals surface area (Å²) in [6, 6.07) is 0.368. The summed E-state index contributed by atoms with van der Waals surface area (Å²) < 4.78 is 0. The molecular formula is C34H67N. The monoisotopic (exact) mass is 490 g/mol. The maximum atomic E-state index is 4.36. The molecule has 0 aromatic heterocycles. The normalized spacial score (nSPS) is 12.1. The van der Waals surface area contributed by atoms with E-state index in [0.717, 1.165) is 12.8 Å². The van der Waals surface area contributed by atoms with Gasteiger partial charge in [-0.2, -0.15) is 0 Å². The lowest BCUT2D eigenvalue weighted by Crippen LogP contribution is -2.26. The van der Waals surface area contributed by atoms with Crippen LogP contribution in [0.1, 0.15) is 188 Å². The molecule has 0 aliphatic carbocycles. The molecule has 0 amide bonds. The molecule has 0 saturated carbocycles. The van der Waals surface area contributed by atoms with Crippen molar-refractivity contribution in [2.24, 2.45) is 0 Å². The van der Waals surface area contributed by atoms with Gasteiger partial charge in [0, 0.05) is 11.7 Å². The van der Waals surface area contributed by atoms with E-state index in [1.807, 2.05) is 0 Å². The Morgan fingerprint density at radius 2 is 0.743 bits per heavy atom. The average molecular weight is 490 g/mol. The predicted molar refractivity (Wildman–Crippen MR) is 162 cm³/mol. The minimum Gasteiger partial charge on any atom is -0.383 e. The third-order valence-electron chi connectivity index (χ3n) is 7.72. The number of allylic oxidation sites excluding steroid dienone is 1. The van der Waals surface area contributed by atoms with Crippen LogP contribution in [0.15, 0.2) is 24.4 Å². The summed E-state index contributed by atoms with van der Waals surface area (Å²) in [5.41, 5.74) is 2.56. The van der Waals surface area contributed by atoms with Crippen molar-refractivity contribution in [3.05, 3.63) is 24.4 Å². The first-order valence-electron chi connectivity index (χ1n) is 16.2. The first kappa shape index (κ1) is 34.3. The molecule has 0 aromatic carbocycles. The molecule has 1 N–H and O–H groups in total. The topological polar surface area (TPSA) is 12.0 Å². The van der Waals surface area contributed by atoms with Crippen molar-refractivity contribution in [3.8, 4) is 0 Å². The van der Waals surface area contributed by atoms with Gasteiger partial charge in [0.1, 0.15) is 0 Å². The van der Waals surface area contributed by atoms with Gasteiger partial charge in [0.05, 0.1) is 0 Å². The molecular weight excluding hydrogens is 422 g/mol. The van der Waals surface area contributed by atoms with E-state index in [4.69, 9.17) is 0 Å². The maximum absolute atomic E-state index is 4.36. The molecule has 0 saturated heterocycles. The summed E-state index contributed by atoms with van der Waals surface area (Å²) in [7, 11) is 0. The first-order chi connectivity index (χ1) is 17.1. The lowest BCUT2D eigenvalue weighted by molar-refractivity contribution is 0.534. The van der Waals surface area contributed by atoms with Crippen molar-refractivity contribution in [2.75, 3.05) is 0 Å². The van der Waals surface area contributed by atoms with Crippen molar-refractivity contribution in [1.29, 1.82) is 0 Å². The van der Waals surface area contributed by atoms with Crippen LogP contribution in [0.3, 0.4) is 0 Å². The second-order valence-corrected chi connectivity index (χ2v) is 11.4. The smallest absolute Gasteiger partial charge is 0.0439 e. The van der Waals surface area contributed by atoms with Crippen LogP contribution >= 0.6 is 0 Å². The van der Waals surface area contributed by atoms with Gasteiger partial charge in [0.2, 0.25) is 0 Å². The highest BCUT2D eigenvalue weighted by Crippen LogP contribution is 2.17. The standard InChI is InChI=1S/C34H67N/c1-6-8-10-12-14-16-18-19-21-22-24-26-28-30-32(3)34(5)35-33(4)31-29-27-25-23-20-17-15-13-11-9-7-2/h34-35H,3-4,6-31H2,1-2,5H3. The van der Waals surface area contributed by atoms with E-state index in [0.29, 0.717) is 6.04 Å². The molecule has 1 unspecified atom stereocenters. The number of hydrogen-bond donors (Lipinski definition) is 1. The Bertz CT molecular complexity index is 452. The fourth-order valence-corrected chi connectivity index (χ4v) is 5.07. The van der Waals surface area contributed by atoms with Crippen LogP contribution in [-0.2, 0) is 0 Å². The number of nitrogens with one attached hydrogen (secondary N) is 1. The van der Waals surface area contributed by atoms with E-state index in [9.17, 15) is 0 Å². The Morgan fingerprint density at radius 1 is 0.457 bits per heavy atom. The van der Waals surface area contributed by atoms with Gasteiger partial charge < -0.3 is 5.32 Å². The summed E-state index contributed by atoms with van der Waals surface area (Å²) in [6.45, 7) is 15.5. The van der Waals surface area contributed by atoms with Crippen molar-refractivity contribution in [2.45, 2.75) is 194 Å². The lowest BCUT2D eigenvalue weighted by Gasteiger charge is -2.19. The molecule has 0 aliphatic rings. The molecule has 1 atom stereocenters. The summed E-state index contributed by atoms with van der Waals surface area (Å²) in [5.74, 6) is 0. The quantitative estimate of drug-likeness (QED) is 0.0813. The predicted octanol–water partition coefficient (Wildman–Crippen LogP) is 12.2. The Morgan fingerprint density at radius 3 is 1.09 bits per heavy atom. The van der Waals surface area contributed by atoms with Crippen LogP contribution in [0.4, 0.5) is 0 Å². The molecule has 0 heterocycles. The third-order valence-corrected chi connectivity index (χ3v) is 7.72. The highest BCUT2D eigenvalue weighted by molar-refractivity contribution is 5.08. The molecule has 208 valence electrons. The molecule has 0 aliphatic heterocycles. The van der Waals surface area contributed by atoms with E-state index < -0.39 is 0 Å². The largest absolute Gasteiger partial charge is 0.383 e. The second-order valence-electron chi connectivity index (χ2n) is 11.4. The van der Waals surface area contributed by atoms with Crippen LogP contribution < -0.4 is 5.32 Å². The number of unbranched alkanes of at least 4 members (excludes halogenated alkanes) is 22. The Labute approximate surface area is 223 Å². The zero-order chi connectivity index (χ0) is 25.8. The van der Waals surface area contributed by atoms with Crippen molar-refractivity contribution in [1.82, 2.24) is 5.32 Å². The van der Waals surface area contributed by atoms with E-state index in [1.165, 1.54) is 165 Å². The lowest BCUT2D eigenvalue weighted by atomic mass is 10.0. The van der Waals surface area contributed by atoms with Gasteiger partial charge in [0.25, 0.3) is 0 Å². The van der Waals surface area contributed by atoms with E-state index in [-0.39, 0.29) is 0 Å². The van der Waals surface area contributed by atoms with Crippen LogP contribution in [0.5, 0.6) is 0 Å². The number of rotatable bonds is 29. The maximum Gasteiger partial charge on any atom is 0.0439 e. The minimum atomic E-state index is 0.368. The van der Waals surface area contributed by atoms with Gasteiger partial charge in [0.15, 0.2) is 0 Å². The fourth-order valence-electron chi connectivity index (χ4n) is 5.07. The molecule has 0 bridgehead atoms. The Hall–Kier alpha value is -0.720. The third kappa shape index (κ3) is 26.2. The molecule has 35 heavy (non-hydrogen) atoms. The summed E-state index contributed by atoms with van der Waals surface area (Å²) in [4.78, 5) is 0. The number of hydrogen-bond acceptors (Lipinski definition) is 1. The van der Waals surface area contributed by atoms with Crippen LogP contribution in [0, 0.1) is 0 Å². The molecule has 0 aromatic rings. The molecule has 0 fully saturated rings. The van der Waals surface area contributed by atoms with Crippen LogP contribution in [0.25, 0.3) is 0 Å². The van der Waals surface area contributed by atoms with Crippen LogP contribution in [-0.4, -0.2) is 6.04 Å². The first-order valence-corrected chi connectivity index (χ1v) is 16.2. The zero-order valence-corrected chi connectivity index (χ0v) is 24.9. The fraction of sp³-hybridized carbons (Fsp3) is 0.882. The molecule has 0 spiro atoms. The summed E-state index contributed by atoms with van der Waals surface area (Å²) in [5, 5.41) is 3.62. The van der Waals surface area contributed by atoms with Crippen molar-refractivity contribution < 1.29 is 0 Å². The molecule has 1 heteroatoms. The average Bonchev–Trinajstić information content (AvgIpc) is 2.85. The second kappa shape index (κ2) is 27.9. The Kier molecular flexibility index (Phi) is 27.3. The van der Waals surface area contributed by atoms with E-state index in [2.05, 4.69) is 39.2 Å². The molecule has 0 radical (unpaired) electrons. The van der Waals surface area contributed by atoms with Gasteiger partial charge in [-0.1, -0.05) is 174 Å². The van der Waals surface area contributed by atoms with Crippen molar-refractivity contribution in [3.63, 3.8) is 0 Å². The highest BCUT2D eigenvalue weighted by atomic mass is 14.9. The van der Waals surface area contributed by atoms with Crippen LogP contribution in [0.2, 0.25) is 0 Å². The minimum absolute atomic E-state index is 0.368. The summed E-state index contributed by atoms with van der Waals surface area (Å²) >= 11 is 0. The van der Waals surface area contributed by atoms with Gasteiger partial charge in [-0.05, 0) is 32.6 Å². The van der Waals surface area contributed by atoms with Crippen molar-refractivity contribution >= 4 is 0 Å². The van der Waals surface area contributed by atoms with Gasteiger partial charge in [-0.25, -0.2) is 0 Å². The Balaban J connectivity index is 3.44. The summed E-state index contributed by atoms with van der Waals surface area (Å²) in [6.07, 6.45) is 36.1. The molecule has 0 rings (SSSR count). The SMILES string of the molecule is C=C(CCCCCCCCCCCCC)NC(C)C(=C)CCCCCCCCCCCCCCC. The van der Waals surface area contributed by atoms with Gasteiger partial charge in [-0.15, -0.1) is 0 Å². The molecule has 1 nitrogen and oxygen atoms in total.